The van der Waals surface area contributed by atoms with Gasteiger partial charge in [0.15, 0.2) is 5.65 Å². The van der Waals surface area contributed by atoms with Gasteiger partial charge in [0.05, 0.1) is 5.38 Å². The molecule has 0 bridgehead atoms. The van der Waals surface area contributed by atoms with Gasteiger partial charge in [0, 0.05) is 16.7 Å². The van der Waals surface area contributed by atoms with E-state index >= 15 is 0 Å². The molecule has 0 aliphatic rings. The average Bonchev–Trinajstić information content (AvgIpc) is 2.55. The zero-order valence-electron chi connectivity index (χ0n) is 9.41. The molecule has 0 fully saturated rings. The van der Waals surface area contributed by atoms with Crippen molar-refractivity contribution in [1.29, 1.82) is 0 Å². The maximum absolute atomic E-state index is 6.14. The zero-order valence-corrected chi connectivity index (χ0v) is 11.7. The Balaban J connectivity index is 2.75. The van der Waals surface area contributed by atoms with E-state index in [1.165, 1.54) is 0 Å². The maximum Gasteiger partial charge on any atom is 0.160 e. The van der Waals surface area contributed by atoms with E-state index < -0.39 is 0 Å². The summed E-state index contributed by atoms with van der Waals surface area (Å²) < 4.78 is 3.02. The predicted molar refractivity (Wildman–Crippen MR) is 69.9 cm³/mol. The molecule has 0 amide bonds. The number of pyridine rings is 1. The highest BCUT2D eigenvalue weighted by Gasteiger charge is 2.17. The molecule has 0 aliphatic carbocycles. The summed E-state index contributed by atoms with van der Waals surface area (Å²) in [5, 5.41) is -0.115. The van der Waals surface area contributed by atoms with Crippen LogP contribution in [0.1, 0.15) is 38.0 Å². The fourth-order valence-electron chi connectivity index (χ4n) is 1.76. The van der Waals surface area contributed by atoms with Crippen LogP contribution in [-0.4, -0.2) is 14.5 Å². The summed E-state index contributed by atoms with van der Waals surface area (Å²) in [6, 6.07) is 2.26. The van der Waals surface area contributed by atoms with Crippen LogP contribution in [0.15, 0.2) is 16.7 Å². The van der Waals surface area contributed by atoms with Gasteiger partial charge in [0.25, 0.3) is 0 Å². The number of fused-ring (bicyclic) bond motifs is 1. The van der Waals surface area contributed by atoms with Crippen molar-refractivity contribution in [1.82, 2.24) is 14.5 Å². The molecule has 1 atom stereocenters. The van der Waals surface area contributed by atoms with Gasteiger partial charge in [-0.25, -0.2) is 9.97 Å². The van der Waals surface area contributed by atoms with E-state index in [9.17, 15) is 0 Å². The summed E-state index contributed by atoms with van der Waals surface area (Å²) in [4.78, 5) is 8.93. The summed E-state index contributed by atoms with van der Waals surface area (Å²) in [7, 11) is 0. The second-order valence-electron chi connectivity index (χ2n) is 4.05. The van der Waals surface area contributed by atoms with Gasteiger partial charge in [0.1, 0.15) is 11.3 Å². The third kappa shape index (κ3) is 1.96. The maximum atomic E-state index is 6.14. The summed E-state index contributed by atoms with van der Waals surface area (Å²) in [6.07, 6.45) is 1.78. The van der Waals surface area contributed by atoms with Crippen LogP contribution >= 0.6 is 27.5 Å². The first-order valence-corrected chi connectivity index (χ1v) is 6.41. The van der Waals surface area contributed by atoms with Crippen LogP contribution in [0.3, 0.4) is 0 Å². The Kier molecular flexibility index (Phi) is 3.22. The third-order valence-corrected chi connectivity index (χ3v) is 3.02. The van der Waals surface area contributed by atoms with Crippen molar-refractivity contribution in [3.8, 4) is 0 Å². The van der Waals surface area contributed by atoms with E-state index in [0.717, 1.165) is 21.5 Å². The molecule has 0 spiro atoms. The van der Waals surface area contributed by atoms with Gasteiger partial charge in [0.2, 0.25) is 0 Å². The van der Waals surface area contributed by atoms with E-state index in [1.54, 1.807) is 6.20 Å². The predicted octanol–water partition coefficient (Wildman–Crippen LogP) is 4.07. The number of rotatable bonds is 2. The lowest BCUT2D eigenvalue weighted by Gasteiger charge is -2.13. The molecule has 86 valence electrons. The zero-order chi connectivity index (χ0) is 11.9. The van der Waals surface area contributed by atoms with Gasteiger partial charge in [-0.15, -0.1) is 11.6 Å². The van der Waals surface area contributed by atoms with Crippen molar-refractivity contribution in [2.75, 3.05) is 0 Å². The minimum absolute atomic E-state index is 0.115. The number of halogens is 2. The Morgan fingerprint density at radius 1 is 1.38 bits per heavy atom. The molecule has 3 nitrogen and oxygen atoms in total. The molecule has 0 N–H and O–H groups in total. The molecule has 2 rings (SSSR count). The third-order valence-electron chi connectivity index (χ3n) is 2.40. The molecule has 2 heterocycles. The van der Waals surface area contributed by atoms with Crippen LogP contribution in [0.2, 0.25) is 0 Å². The van der Waals surface area contributed by atoms with Crippen molar-refractivity contribution < 1.29 is 0 Å². The smallest absolute Gasteiger partial charge is 0.160 e. The van der Waals surface area contributed by atoms with Crippen molar-refractivity contribution in [2.45, 2.75) is 32.2 Å². The lowest BCUT2D eigenvalue weighted by atomic mass is 10.3. The van der Waals surface area contributed by atoms with Gasteiger partial charge >= 0.3 is 0 Å². The first kappa shape index (κ1) is 11.9. The molecular weight excluding hydrogens is 289 g/mol. The highest BCUT2D eigenvalue weighted by molar-refractivity contribution is 9.10. The van der Waals surface area contributed by atoms with Crippen LogP contribution in [0.4, 0.5) is 0 Å². The van der Waals surface area contributed by atoms with Crippen molar-refractivity contribution in [3.63, 3.8) is 0 Å². The van der Waals surface area contributed by atoms with E-state index in [1.807, 2.05) is 13.0 Å². The number of aromatic nitrogens is 3. The lowest BCUT2D eigenvalue weighted by molar-refractivity contribution is 0.580. The minimum atomic E-state index is -0.115. The fraction of sp³-hybridized carbons (Fsp3) is 0.455. The Labute approximate surface area is 108 Å². The number of hydrogen-bond donors (Lipinski definition) is 0. The van der Waals surface area contributed by atoms with E-state index in [4.69, 9.17) is 11.6 Å². The standard InChI is InChI=1S/C11H13BrClN3/c1-6(2)16-10(7(3)13)15-9-4-8(12)5-14-11(9)16/h4-7H,1-3H3. The number of alkyl halides is 1. The van der Waals surface area contributed by atoms with Crippen molar-refractivity contribution in [3.05, 3.63) is 22.6 Å². The number of imidazole rings is 1. The molecule has 0 aromatic carbocycles. The number of hydrogen-bond acceptors (Lipinski definition) is 2. The van der Waals surface area contributed by atoms with Crippen LogP contribution in [-0.2, 0) is 0 Å². The molecule has 0 saturated heterocycles. The van der Waals surface area contributed by atoms with Gasteiger partial charge in [-0.3, -0.25) is 0 Å². The van der Waals surface area contributed by atoms with Gasteiger partial charge in [-0.2, -0.15) is 0 Å². The van der Waals surface area contributed by atoms with Gasteiger partial charge in [-0.05, 0) is 42.8 Å². The van der Waals surface area contributed by atoms with Crippen LogP contribution in [0, 0.1) is 0 Å². The quantitative estimate of drug-likeness (QED) is 0.783. The molecule has 0 saturated carbocycles. The second-order valence-corrected chi connectivity index (χ2v) is 5.62. The molecule has 2 aromatic rings. The Bertz CT molecular complexity index is 519. The van der Waals surface area contributed by atoms with Crippen LogP contribution in [0.25, 0.3) is 11.2 Å². The Hall–Kier alpha value is -0.610. The van der Waals surface area contributed by atoms with Gasteiger partial charge < -0.3 is 4.57 Å². The Morgan fingerprint density at radius 2 is 2.06 bits per heavy atom. The normalized spacial score (nSPS) is 13.6. The summed E-state index contributed by atoms with van der Waals surface area (Å²) >= 11 is 9.54. The number of nitrogens with zero attached hydrogens (tertiary/aromatic N) is 3. The largest absolute Gasteiger partial charge is 0.309 e. The highest BCUT2D eigenvalue weighted by atomic mass is 79.9. The average molecular weight is 303 g/mol. The lowest BCUT2D eigenvalue weighted by Crippen LogP contribution is -2.07. The van der Waals surface area contributed by atoms with Crippen LogP contribution < -0.4 is 0 Å². The molecule has 1 unspecified atom stereocenters. The topological polar surface area (TPSA) is 30.7 Å². The molecular formula is C11H13BrClN3. The fourth-order valence-corrected chi connectivity index (χ4v) is 2.24. The highest BCUT2D eigenvalue weighted by Crippen LogP contribution is 2.27. The molecule has 5 heteroatoms. The minimum Gasteiger partial charge on any atom is -0.309 e. The monoisotopic (exact) mass is 301 g/mol. The van der Waals surface area contributed by atoms with E-state index in [0.29, 0.717) is 6.04 Å². The summed E-state index contributed by atoms with van der Waals surface area (Å²) in [5.74, 6) is 0.872. The van der Waals surface area contributed by atoms with Crippen molar-refractivity contribution >= 4 is 38.7 Å². The Morgan fingerprint density at radius 3 is 2.62 bits per heavy atom. The molecule has 16 heavy (non-hydrogen) atoms. The van der Waals surface area contributed by atoms with E-state index in [2.05, 4.69) is 44.3 Å². The first-order chi connectivity index (χ1) is 7.50. The first-order valence-electron chi connectivity index (χ1n) is 5.18. The summed E-state index contributed by atoms with van der Waals surface area (Å²) in [5.41, 5.74) is 1.77. The van der Waals surface area contributed by atoms with Gasteiger partial charge in [-0.1, -0.05) is 0 Å². The molecule has 2 aromatic heterocycles. The SMILES string of the molecule is CC(Cl)c1nc2cc(Br)cnc2n1C(C)C. The van der Waals surface area contributed by atoms with E-state index in [-0.39, 0.29) is 5.38 Å². The second kappa shape index (κ2) is 4.34. The van der Waals surface area contributed by atoms with Crippen LogP contribution in [0.5, 0.6) is 0 Å². The molecule has 0 aliphatic heterocycles. The van der Waals surface area contributed by atoms with Crippen molar-refractivity contribution in [2.24, 2.45) is 0 Å². The summed E-state index contributed by atoms with van der Waals surface area (Å²) in [6.45, 7) is 6.14. The molecule has 0 radical (unpaired) electrons.